The molecule has 4 rings (SSSR count). The van der Waals surface area contributed by atoms with Crippen LogP contribution >= 0.6 is 0 Å². The van der Waals surface area contributed by atoms with Crippen LogP contribution in [0.25, 0.3) is 11.2 Å². The molecule has 0 aliphatic carbocycles. The van der Waals surface area contributed by atoms with Crippen molar-refractivity contribution >= 4 is 17.0 Å². The Hall–Kier alpha value is -2.48. The molecule has 3 aromatic rings. The lowest BCUT2D eigenvalue weighted by atomic mass is 10.0. The third-order valence-electron chi connectivity index (χ3n) is 5.58. The molecule has 8 heteroatoms. The molecule has 0 saturated carbocycles. The predicted molar refractivity (Wildman–Crippen MR) is 108 cm³/mol. The molecule has 1 saturated heterocycles. The van der Waals surface area contributed by atoms with Crippen LogP contribution in [0.3, 0.4) is 0 Å². The normalized spacial score (nSPS) is 17.7. The number of imidazole rings is 1. The summed E-state index contributed by atoms with van der Waals surface area (Å²) in [4.78, 5) is 16.0. The van der Waals surface area contributed by atoms with E-state index < -0.39 is 5.60 Å². The average molecular weight is 384 g/mol. The van der Waals surface area contributed by atoms with Gasteiger partial charge in [-0.3, -0.25) is 4.68 Å². The summed E-state index contributed by atoms with van der Waals surface area (Å²) in [6.45, 7) is 6.44. The molecule has 150 valence electrons. The first-order chi connectivity index (χ1) is 13.4. The van der Waals surface area contributed by atoms with Crippen molar-refractivity contribution in [2.24, 2.45) is 13.0 Å². The Balaban J connectivity index is 1.46. The molecular weight excluding hydrogens is 354 g/mol. The highest BCUT2D eigenvalue weighted by Gasteiger charge is 2.27. The lowest BCUT2D eigenvalue weighted by Gasteiger charge is -2.18. The highest BCUT2D eigenvalue weighted by atomic mass is 16.3. The Labute approximate surface area is 165 Å². The Morgan fingerprint density at radius 1 is 1.25 bits per heavy atom. The molecule has 4 heterocycles. The van der Waals surface area contributed by atoms with Gasteiger partial charge < -0.3 is 14.6 Å². The molecule has 1 aliphatic heterocycles. The molecule has 1 N–H and O–H groups in total. The molecule has 0 amide bonds. The van der Waals surface area contributed by atoms with Gasteiger partial charge in [-0.25, -0.2) is 15.0 Å². The van der Waals surface area contributed by atoms with Gasteiger partial charge in [0.05, 0.1) is 11.9 Å². The first-order valence-electron chi connectivity index (χ1n) is 10.0. The van der Waals surface area contributed by atoms with Gasteiger partial charge in [-0.05, 0) is 51.5 Å². The molecule has 0 spiro atoms. The highest BCUT2D eigenvalue weighted by Crippen LogP contribution is 2.29. The van der Waals surface area contributed by atoms with Gasteiger partial charge in [0.2, 0.25) is 0 Å². The number of hydrogen-bond acceptors (Lipinski definition) is 6. The van der Waals surface area contributed by atoms with E-state index in [4.69, 9.17) is 0 Å². The third-order valence-corrected chi connectivity index (χ3v) is 5.58. The van der Waals surface area contributed by atoms with Gasteiger partial charge in [0.25, 0.3) is 0 Å². The first kappa shape index (κ1) is 18.9. The van der Waals surface area contributed by atoms with Gasteiger partial charge in [0.1, 0.15) is 6.33 Å². The summed E-state index contributed by atoms with van der Waals surface area (Å²) in [5.41, 5.74) is 2.37. The predicted octanol–water partition coefficient (Wildman–Crippen LogP) is 2.18. The minimum Gasteiger partial charge on any atom is -0.390 e. The quantitative estimate of drug-likeness (QED) is 0.673. The Morgan fingerprint density at radius 3 is 2.86 bits per heavy atom. The lowest BCUT2D eigenvalue weighted by Crippen LogP contribution is -2.22. The fourth-order valence-corrected chi connectivity index (χ4v) is 4.03. The summed E-state index contributed by atoms with van der Waals surface area (Å²) < 4.78 is 4.02. The smallest absolute Gasteiger partial charge is 0.165 e. The molecule has 8 nitrogen and oxygen atoms in total. The minimum absolute atomic E-state index is 0.592. The van der Waals surface area contributed by atoms with Crippen LogP contribution in [0, 0.1) is 5.92 Å². The topological polar surface area (TPSA) is 84.9 Å². The van der Waals surface area contributed by atoms with Crippen LogP contribution in [-0.4, -0.2) is 53.1 Å². The van der Waals surface area contributed by atoms with Crippen molar-refractivity contribution in [3.05, 3.63) is 30.6 Å². The molecule has 28 heavy (non-hydrogen) atoms. The molecular formula is C20H29N7O. The van der Waals surface area contributed by atoms with Gasteiger partial charge in [0, 0.05) is 38.6 Å². The van der Waals surface area contributed by atoms with Crippen LogP contribution in [0.1, 0.15) is 38.8 Å². The summed E-state index contributed by atoms with van der Waals surface area (Å²) >= 11 is 0. The van der Waals surface area contributed by atoms with Gasteiger partial charge >= 0.3 is 0 Å². The third kappa shape index (κ3) is 4.01. The van der Waals surface area contributed by atoms with Crippen molar-refractivity contribution in [2.75, 3.05) is 18.0 Å². The second-order valence-corrected chi connectivity index (χ2v) is 8.47. The monoisotopic (exact) mass is 383 g/mol. The van der Waals surface area contributed by atoms with E-state index in [0.717, 1.165) is 62.3 Å². The molecule has 0 radical (unpaired) electrons. The number of anilines is 1. The maximum absolute atomic E-state index is 9.92. The summed E-state index contributed by atoms with van der Waals surface area (Å²) in [7, 11) is 2.00. The van der Waals surface area contributed by atoms with Crippen molar-refractivity contribution in [2.45, 2.75) is 51.7 Å². The molecule has 1 fully saturated rings. The van der Waals surface area contributed by atoms with Crippen molar-refractivity contribution in [3.8, 4) is 0 Å². The molecule has 1 atom stereocenters. The van der Waals surface area contributed by atoms with Crippen LogP contribution in [0.2, 0.25) is 0 Å². The zero-order valence-corrected chi connectivity index (χ0v) is 16.9. The van der Waals surface area contributed by atoms with Crippen molar-refractivity contribution in [1.29, 1.82) is 0 Å². The van der Waals surface area contributed by atoms with Crippen LogP contribution in [0.5, 0.6) is 0 Å². The molecule has 1 aliphatic rings. The van der Waals surface area contributed by atoms with E-state index in [0.29, 0.717) is 5.92 Å². The Morgan fingerprint density at radius 2 is 2.11 bits per heavy atom. The van der Waals surface area contributed by atoms with Gasteiger partial charge in [-0.1, -0.05) is 0 Å². The minimum atomic E-state index is -0.644. The van der Waals surface area contributed by atoms with Gasteiger partial charge in [0.15, 0.2) is 17.0 Å². The fourth-order valence-electron chi connectivity index (χ4n) is 4.03. The first-order valence-corrected chi connectivity index (χ1v) is 10.0. The van der Waals surface area contributed by atoms with E-state index in [2.05, 4.69) is 35.6 Å². The van der Waals surface area contributed by atoms with E-state index >= 15 is 0 Å². The number of fused-ring (bicyclic) bond motifs is 1. The maximum atomic E-state index is 9.92. The average Bonchev–Trinajstić information content (AvgIpc) is 3.36. The second-order valence-electron chi connectivity index (χ2n) is 8.47. The molecule has 0 bridgehead atoms. The van der Waals surface area contributed by atoms with Crippen LogP contribution in [0.15, 0.2) is 24.9 Å². The van der Waals surface area contributed by atoms with Crippen molar-refractivity contribution in [1.82, 2.24) is 29.3 Å². The number of aryl methyl sites for hydroxylation is 2. The SMILES string of the molecule is Cn1nccc1CC1CCN(c2ncnc3c2ncn3CCCC(C)(C)O)C1. The van der Waals surface area contributed by atoms with E-state index in [9.17, 15) is 5.11 Å². The van der Waals surface area contributed by atoms with Crippen LogP contribution in [0.4, 0.5) is 5.82 Å². The van der Waals surface area contributed by atoms with E-state index in [1.165, 1.54) is 5.69 Å². The molecule has 0 aromatic carbocycles. The number of rotatable bonds is 7. The number of hydrogen-bond donors (Lipinski definition) is 1. The molecule has 3 aromatic heterocycles. The summed E-state index contributed by atoms with van der Waals surface area (Å²) in [5.74, 6) is 1.52. The Bertz CT molecular complexity index is 940. The zero-order chi connectivity index (χ0) is 19.7. The maximum Gasteiger partial charge on any atom is 0.165 e. The number of aromatic nitrogens is 6. The van der Waals surface area contributed by atoms with Crippen LogP contribution in [-0.2, 0) is 20.0 Å². The summed E-state index contributed by atoms with van der Waals surface area (Å²) in [5, 5.41) is 14.2. The summed E-state index contributed by atoms with van der Waals surface area (Å²) in [6.07, 6.45) is 9.14. The van der Waals surface area contributed by atoms with Crippen LogP contribution < -0.4 is 4.90 Å². The standard InChI is InChI=1S/C20H29N7O/c1-20(2,28)7-4-9-27-14-23-17-18(21-13-22-19(17)27)26-10-6-15(12-26)11-16-5-8-24-25(16)3/h5,8,13-15,28H,4,6-7,9-12H2,1-3H3. The van der Waals surface area contributed by atoms with E-state index in [1.54, 1.807) is 6.33 Å². The van der Waals surface area contributed by atoms with E-state index in [-0.39, 0.29) is 0 Å². The van der Waals surface area contributed by atoms with Gasteiger partial charge in [-0.15, -0.1) is 0 Å². The fraction of sp³-hybridized carbons (Fsp3) is 0.600. The van der Waals surface area contributed by atoms with Gasteiger partial charge in [-0.2, -0.15) is 5.10 Å². The van der Waals surface area contributed by atoms with E-state index in [1.807, 2.05) is 38.1 Å². The van der Waals surface area contributed by atoms with Crippen molar-refractivity contribution < 1.29 is 5.11 Å². The molecule has 1 unspecified atom stereocenters. The summed E-state index contributed by atoms with van der Waals surface area (Å²) in [6, 6.07) is 2.10. The lowest BCUT2D eigenvalue weighted by molar-refractivity contribution is 0.0676. The zero-order valence-electron chi connectivity index (χ0n) is 16.9. The highest BCUT2D eigenvalue weighted by molar-refractivity contribution is 5.83. The second kappa shape index (κ2) is 7.50. The number of aliphatic hydroxyl groups is 1. The Kier molecular flexibility index (Phi) is 5.05. The number of nitrogens with zero attached hydrogens (tertiary/aromatic N) is 7. The largest absolute Gasteiger partial charge is 0.390 e. The van der Waals surface area contributed by atoms with Crippen molar-refractivity contribution in [3.63, 3.8) is 0 Å².